The maximum absolute atomic E-state index is 10.5. The van der Waals surface area contributed by atoms with Gasteiger partial charge in [0.05, 0.1) is 22.0 Å². The van der Waals surface area contributed by atoms with Gasteiger partial charge in [0, 0.05) is 12.4 Å². The second-order valence-corrected chi connectivity index (χ2v) is 3.71. The van der Waals surface area contributed by atoms with Crippen LogP contribution in [0.15, 0.2) is 12.4 Å². The Morgan fingerprint density at radius 2 is 1.94 bits per heavy atom. The molecule has 0 aliphatic carbocycles. The molecule has 0 amide bonds. The van der Waals surface area contributed by atoms with Crippen LogP contribution < -0.4 is 0 Å². The van der Waals surface area contributed by atoms with Crippen molar-refractivity contribution < 1.29 is 4.79 Å². The number of hydrogen-bond donors (Lipinski definition) is 0. The molecule has 2 aromatic heterocycles. The lowest BCUT2D eigenvalue weighted by Gasteiger charge is -2.01. The maximum Gasteiger partial charge on any atom is 0.250 e. The number of nitrogens with zero attached hydrogens (tertiary/aromatic N) is 4. The minimum atomic E-state index is 0.401. The Hall–Kier alpha value is -1.75. The monoisotopic (exact) mass is 236 g/mol. The Balaban J connectivity index is 2.50. The van der Waals surface area contributed by atoms with Crippen LogP contribution in [-0.4, -0.2) is 26.0 Å². The van der Waals surface area contributed by atoms with E-state index in [0.29, 0.717) is 22.8 Å². The highest BCUT2D eigenvalue weighted by atomic mass is 35.5. The van der Waals surface area contributed by atoms with Crippen molar-refractivity contribution in [3.63, 3.8) is 0 Å². The van der Waals surface area contributed by atoms with E-state index in [1.54, 1.807) is 4.68 Å². The summed E-state index contributed by atoms with van der Waals surface area (Å²) in [5.74, 6) is 0.401. The predicted molar refractivity (Wildman–Crippen MR) is 59.0 cm³/mol. The molecule has 0 aromatic carbocycles. The Bertz CT molecular complexity index is 532. The SMILES string of the molecule is Cc1nn(-c2ncc(C=O)cn2)c(C)c1Cl. The number of carbonyl (C=O) groups is 1. The maximum atomic E-state index is 10.5. The number of aryl methyl sites for hydroxylation is 1. The molecule has 2 heterocycles. The van der Waals surface area contributed by atoms with Crippen LogP contribution >= 0.6 is 11.6 Å². The molecule has 0 bridgehead atoms. The summed E-state index contributed by atoms with van der Waals surface area (Å²) < 4.78 is 1.55. The molecule has 0 aliphatic heterocycles. The van der Waals surface area contributed by atoms with Crippen LogP contribution in [0.3, 0.4) is 0 Å². The first-order chi connectivity index (χ1) is 7.63. The van der Waals surface area contributed by atoms with Gasteiger partial charge in [0.25, 0.3) is 5.95 Å². The van der Waals surface area contributed by atoms with E-state index in [2.05, 4.69) is 15.1 Å². The second-order valence-electron chi connectivity index (χ2n) is 3.33. The standard InChI is InChI=1S/C10H9ClN4O/c1-6-9(11)7(2)15(14-6)10-12-3-8(5-16)4-13-10/h3-5H,1-2H3. The third kappa shape index (κ3) is 1.69. The third-order valence-electron chi connectivity index (χ3n) is 2.19. The Morgan fingerprint density at radius 1 is 1.31 bits per heavy atom. The molecule has 0 spiro atoms. The molecule has 0 fully saturated rings. The van der Waals surface area contributed by atoms with Crippen molar-refractivity contribution in [1.29, 1.82) is 0 Å². The number of hydrogen-bond acceptors (Lipinski definition) is 4. The lowest BCUT2D eigenvalue weighted by atomic mass is 10.4. The van der Waals surface area contributed by atoms with Crippen LogP contribution in [-0.2, 0) is 0 Å². The van der Waals surface area contributed by atoms with Crippen molar-refractivity contribution in [2.24, 2.45) is 0 Å². The molecule has 82 valence electrons. The minimum absolute atomic E-state index is 0.401. The van der Waals surface area contributed by atoms with Crippen LogP contribution in [0.25, 0.3) is 5.95 Å². The van der Waals surface area contributed by atoms with Crippen molar-refractivity contribution in [1.82, 2.24) is 19.7 Å². The van der Waals surface area contributed by atoms with Gasteiger partial charge in [0.2, 0.25) is 0 Å². The van der Waals surface area contributed by atoms with Gasteiger partial charge in [0.1, 0.15) is 0 Å². The molecule has 0 atom stereocenters. The molecule has 0 N–H and O–H groups in total. The molecule has 0 radical (unpaired) electrons. The molecule has 6 heteroatoms. The zero-order chi connectivity index (χ0) is 11.7. The lowest BCUT2D eigenvalue weighted by Crippen LogP contribution is -2.05. The quantitative estimate of drug-likeness (QED) is 0.746. The summed E-state index contributed by atoms with van der Waals surface area (Å²) in [6, 6.07) is 0. The Morgan fingerprint density at radius 3 is 2.38 bits per heavy atom. The normalized spacial score (nSPS) is 10.4. The molecule has 0 unspecified atom stereocenters. The Kier molecular flexibility index (Phi) is 2.70. The van der Waals surface area contributed by atoms with E-state index in [9.17, 15) is 4.79 Å². The summed E-state index contributed by atoms with van der Waals surface area (Å²) in [6.45, 7) is 3.64. The molecular formula is C10H9ClN4O. The fourth-order valence-electron chi connectivity index (χ4n) is 1.32. The van der Waals surface area contributed by atoms with E-state index in [4.69, 9.17) is 11.6 Å². The van der Waals surface area contributed by atoms with Crippen LogP contribution in [0, 0.1) is 13.8 Å². The average molecular weight is 237 g/mol. The number of rotatable bonds is 2. The molecule has 2 aromatic rings. The number of carbonyl (C=O) groups excluding carboxylic acids is 1. The molecule has 0 saturated carbocycles. The van der Waals surface area contributed by atoms with E-state index in [1.807, 2.05) is 13.8 Å². The molecular weight excluding hydrogens is 228 g/mol. The number of halogens is 1. The first kappa shape index (κ1) is 10.8. The number of aldehydes is 1. The summed E-state index contributed by atoms with van der Waals surface area (Å²) in [5.41, 5.74) is 1.93. The van der Waals surface area contributed by atoms with Gasteiger partial charge in [-0.1, -0.05) is 11.6 Å². The molecule has 2 rings (SSSR count). The smallest absolute Gasteiger partial charge is 0.250 e. The summed E-state index contributed by atoms with van der Waals surface area (Å²) in [7, 11) is 0. The van der Waals surface area contributed by atoms with Gasteiger partial charge < -0.3 is 0 Å². The van der Waals surface area contributed by atoms with Crippen molar-refractivity contribution in [3.05, 3.63) is 34.4 Å². The number of aromatic nitrogens is 4. The highest BCUT2D eigenvalue weighted by Crippen LogP contribution is 2.20. The van der Waals surface area contributed by atoms with E-state index >= 15 is 0 Å². The van der Waals surface area contributed by atoms with Gasteiger partial charge in [-0.3, -0.25) is 4.79 Å². The van der Waals surface area contributed by atoms with Gasteiger partial charge >= 0.3 is 0 Å². The summed E-state index contributed by atoms with van der Waals surface area (Å²) in [5, 5.41) is 4.81. The molecule has 5 nitrogen and oxygen atoms in total. The molecule has 16 heavy (non-hydrogen) atoms. The zero-order valence-corrected chi connectivity index (χ0v) is 9.56. The Labute approximate surface area is 97.1 Å². The van der Waals surface area contributed by atoms with Crippen LogP contribution in [0.2, 0.25) is 5.02 Å². The topological polar surface area (TPSA) is 60.7 Å². The first-order valence-corrected chi connectivity index (χ1v) is 5.00. The third-order valence-corrected chi connectivity index (χ3v) is 2.73. The van der Waals surface area contributed by atoms with Gasteiger partial charge in [-0.2, -0.15) is 5.10 Å². The van der Waals surface area contributed by atoms with E-state index < -0.39 is 0 Å². The van der Waals surface area contributed by atoms with Crippen molar-refractivity contribution in [2.75, 3.05) is 0 Å². The predicted octanol–water partition coefficient (Wildman–Crippen LogP) is 1.75. The van der Waals surface area contributed by atoms with Gasteiger partial charge in [-0.15, -0.1) is 0 Å². The van der Waals surface area contributed by atoms with E-state index in [1.165, 1.54) is 12.4 Å². The fourth-order valence-corrected chi connectivity index (χ4v) is 1.44. The highest BCUT2D eigenvalue weighted by molar-refractivity contribution is 6.31. The highest BCUT2D eigenvalue weighted by Gasteiger charge is 2.12. The van der Waals surface area contributed by atoms with Crippen molar-refractivity contribution in [2.45, 2.75) is 13.8 Å². The zero-order valence-electron chi connectivity index (χ0n) is 8.81. The molecule has 0 aliphatic rings. The van der Waals surface area contributed by atoms with Gasteiger partial charge in [0.15, 0.2) is 6.29 Å². The van der Waals surface area contributed by atoms with E-state index in [0.717, 1.165) is 11.4 Å². The van der Waals surface area contributed by atoms with Crippen molar-refractivity contribution in [3.8, 4) is 5.95 Å². The van der Waals surface area contributed by atoms with Crippen molar-refractivity contribution >= 4 is 17.9 Å². The largest absolute Gasteiger partial charge is 0.298 e. The van der Waals surface area contributed by atoms with Gasteiger partial charge in [-0.05, 0) is 13.8 Å². The molecule has 0 saturated heterocycles. The minimum Gasteiger partial charge on any atom is -0.298 e. The lowest BCUT2D eigenvalue weighted by molar-refractivity contribution is 0.112. The fraction of sp³-hybridized carbons (Fsp3) is 0.200. The summed E-state index contributed by atoms with van der Waals surface area (Å²) in [4.78, 5) is 18.5. The summed E-state index contributed by atoms with van der Waals surface area (Å²) in [6.07, 6.45) is 3.58. The summed E-state index contributed by atoms with van der Waals surface area (Å²) >= 11 is 6.01. The second kappa shape index (κ2) is 4.02. The van der Waals surface area contributed by atoms with Crippen LogP contribution in [0.5, 0.6) is 0 Å². The van der Waals surface area contributed by atoms with E-state index in [-0.39, 0.29) is 0 Å². The first-order valence-electron chi connectivity index (χ1n) is 4.63. The van der Waals surface area contributed by atoms with Gasteiger partial charge in [-0.25, -0.2) is 14.6 Å². The van der Waals surface area contributed by atoms with Crippen LogP contribution in [0.1, 0.15) is 21.7 Å². The van der Waals surface area contributed by atoms with Crippen LogP contribution in [0.4, 0.5) is 0 Å². The average Bonchev–Trinajstić information content (AvgIpc) is 2.57.